The zero-order valence-electron chi connectivity index (χ0n) is 15.6. The third kappa shape index (κ3) is 2.89. The molecule has 7 heteroatoms. The van der Waals surface area contributed by atoms with Crippen LogP contribution in [0.4, 0.5) is 0 Å². The van der Waals surface area contributed by atoms with Crippen LogP contribution in [0.3, 0.4) is 0 Å². The van der Waals surface area contributed by atoms with Crippen LogP contribution in [0.15, 0.2) is 49.1 Å². The maximum atomic E-state index is 13.2. The van der Waals surface area contributed by atoms with E-state index in [-0.39, 0.29) is 11.8 Å². The predicted octanol–water partition coefficient (Wildman–Crippen LogP) is 3.00. The molecule has 1 atom stereocenters. The van der Waals surface area contributed by atoms with Crippen LogP contribution in [0.1, 0.15) is 40.5 Å². The quantitative estimate of drug-likeness (QED) is 0.541. The molecule has 4 heterocycles. The summed E-state index contributed by atoms with van der Waals surface area (Å²) in [5.74, 6) is 0.891. The van der Waals surface area contributed by atoms with Crippen LogP contribution in [0.2, 0.25) is 0 Å². The van der Waals surface area contributed by atoms with Gasteiger partial charge in [0.05, 0.1) is 5.69 Å². The van der Waals surface area contributed by atoms with Crippen LogP contribution in [0, 0.1) is 6.92 Å². The van der Waals surface area contributed by atoms with Crippen molar-refractivity contribution in [1.82, 2.24) is 29.5 Å². The van der Waals surface area contributed by atoms with Gasteiger partial charge in [0.1, 0.15) is 6.33 Å². The van der Waals surface area contributed by atoms with Gasteiger partial charge in [0, 0.05) is 48.0 Å². The van der Waals surface area contributed by atoms with Crippen molar-refractivity contribution < 1.29 is 4.79 Å². The molecule has 1 aliphatic heterocycles. The van der Waals surface area contributed by atoms with Gasteiger partial charge in [-0.3, -0.25) is 9.78 Å². The first-order chi connectivity index (χ1) is 13.7. The van der Waals surface area contributed by atoms with Gasteiger partial charge in [-0.2, -0.15) is 10.1 Å². The van der Waals surface area contributed by atoms with Gasteiger partial charge in [0.15, 0.2) is 0 Å². The molecule has 1 aromatic carbocycles. The summed E-state index contributed by atoms with van der Waals surface area (Å²) < 4.78 is 1.80. The molecule has 0 saturated carbocycles. The second kappa shape index (κ2) is 6.67. The van der Waals surface area contributed by atoms with Crippen LogP contribution in [-0.2, 0) is 0 Å². The van der Waals surface area contributed by atoms with Crippen LogP contribution in [0.5, 0.6) is 0 Å². The molecule has 1 fully saturated rings. The number of piperidine rings is 1. The summed E-state index contributed by atoms with van der Waals surface area (Å²) in [7, 11) is 0. The summed E-state index contributed by atoms with van der Waals surface area (Å²) in [5.41, 5.74) is 2.69. The van der Waals surface area contributed by atoms with E-state index in [4.69, 9.17) is 0 Å². The zero-order valence-corrected chi connectivity index (χ0v) is 15.6. The summed E-state index contributed by atoms with van der Waals surface area (Å²) in [6, 6.07) is 9.83. The minimum absolute atomic E-state index is 0.0658. The topological polar surface area (TPSA) is 76.3 Å². The van der Waals surface area contributed by atoms with Gasteiger partial charge in [-0.25, -0.2) is 9.50 Å². The van der Waals surface area contributed by atoms with Crippen molar-refractivity contribution in [2.75, 3.05) is 13.1 Å². The van der Waals surface area contributed by atoms with Gasteiger partial charge in [-0.15, -0.1) is 0 Å². The molecule has 0 N–H and O–H groups in total. The molecule has 1 unspecified atom stereocenters. The molecule has 28 heavy (non-hydrogen) atoms. The van der Waals surface area contributed by atoms with Crippen molar-refractivity contribution in [2.45, 2.75) is 25.7 Å². The average molecular weight is 372 g/mol. The molecule has 140 valence electrons. The van der Waals surface area contributed by atoms with Crippen molar-refractivity contribution >= 4 is 22.5 Å². The maximum absolute atomic E-state index is 13.2. The van der Waals surface area contributed by atoms with E-state index >= 15 is 0 Å². The minimum atomic E-state index is 0.0658. The number of hydrogen-bond donors (Lipinski definition) is 0. The number of aryl methyl sites for hydroxylation is 1. The van der Waals surface area contributed by atoms with Gasteiger partial charge >= 0.3 is 0 Å². The maximum Gasteiger partial charge on any atom is 0.253 e. The predicted molar refractivity (Wildman–Crippen MR) is 105 cm³/mol. The highest BCUT2D eigenvalue weighted by atomic mass is 16.2. The van der Waals surface area contributed by atoms with E-state index in [2.05, 4.69) is 26.1 Å². The number of pyridine rings is 1. The highest BCUT2D eigenvalue weighted by Gasteiger charge is 2.27. The van der Waals surface area contributed by atoms with E-state index in [0.29, 0.717) is 17.9 Å². The van der Waals surface area contributed by atoms with Gasteiger partial charge in [-0.1, -0.05) is 6.07 Å². The van der Waals surface area contributed by atoms with Gasteiger partial charge in [-0.05, 0) is 49.4 Å². The molecule has 3 aromatic heterocycles. The SMILES string of the molecule is Cc1cc(C2CCCN(C(=O)c3ccc4ccncc4c3)C2)n2ncnc2n1. The fourth-order valence-electron chi connectivity index (χ4n) is 4.05. The smallest absolute Gasteiger partial charge is 0.253 e. The van der Waals surface area contributed by atoms with Gasteiger partial charge in [0.25, 0.3) is 11.7 Å². The first kappa shape index (κ1) is 16.8. The Kier molecular flexibility index (Phi) is 4.00. The third-order valence-electron chi connectivity index (χ3n) is 5.42. The lowest BCUT2D eigenvalue weighted by molar-refractivity contribution is 0.0705. The van der Waals surface area contributed by atoms with Crippen molar-refractivity contribution in [3.8, 4) is 0 Å². The van der Waals surface area contributed by atoms with Crippen LogP contribution < -0.4 is 0 Å². The fraction of sp³-hybridized carbons (Fsp3) is 0.286. The lowest BCUT2D eigenvalue weighted by Gasteiger charge is -2.33. The van der Waals surface area contributed by atoms with Crippen molar-refractivity contribution in [3.63, 3.8) is 0 Å². The Bertz CT molecular complexity index is 1180. The number of carbonyl (C=O) groups is 1. The van der Waals surface area contributed by atoms with E-state index in [0.717, 1.165) is 41.5 Å². The summed E-state index contributed by atoms with van der Waals surface area (Å²) in [6.07, 6.45) is 7.07. The van der Waals surface area contributed by atoms with Gasteiger partial charge in [0.2, 0.25) is 0 Å². The van der Waals surface area contributed by atoms with E-state index in [1.165, 1.54) is 6.33 Å². The standard InChI is InChI=1S/C21H20N6O/c1-14-9-19(27-21(25-14)23-13-24-27)17-3-2-8-26(12-17)20(28)16-5-4-15-6-7-22-11-18(15)10-16/h4-7,9-11,13,17H,2-3,8,12H2,1H3. The Morgan fingerprint density at radius 1 is 1.18 bits per heavy atom. The van der Waals surface area contributed by atoms with E-state index in [9.17, 15) is 4.79 Å². The number of carbonyl (C=O) groups excluding carboxylic acids is 1. The Balaban J connectivity index is 1.44. The number of amides is 1. The number of rotatable bonds is 2. The second-order valence-electron chi connectivity index (χ2n) is 7.32. The molecule has 0 aliphatic carbocycles. The Morgan fingerprint density at radius 3 is 3.04 bits per heavy atom. The summed E-state index contributed by atoms with van der Waals surface area (Å²) in [5, 5.41) is 6.40. The summed E-state index contributed by atoms with van der Waals surface area (Å²) in [6.45, 7) is 3.40. The number of nitrogens with zero attached hydrogens (tertiary/aromatic N) is 6. The fourth-order valence-corrected chi connectivity index (χ4v) is 4.05. The normalized spacial score (nSPS) is 17.3. The molecular formula is C21H20N6O. The van der Waals surface area contributed by atoms with E-state index in [1.807, 2.05) is 36.1 Å². The van der Waals surface area contributed by atoms with Crippen molar-refractivity contribution in [1.29, 1.82) is 0 Å². The molecule has 0 spiro atoms. The van der Waals surface area contributed by atoms with Crippen LogP contribution in [-0.4, -0.2) is 48.5 Å². The molecule has 0 bridgehead atoms. The highest BCUT2D eigenvalue weighted by Crippen LogP contribution is 2.28. The lowest BCUT2D eigenvalue weighted by Crippen LogP contribution is -2.39. The van der Waals surface area contributed by atoms with Crippen LogP contribution >= 0.6 is 0 Å². The van der Waals surface area contributed by atoms with Crippen LogP contribution in [0.25, 0.3) is 16.6 Å². The zero-order chi connectivity index (χ0) is 19.1. The van der Waals surface area contributed by atoms with Crippen molar-refractivity contribution in [3.05, 3.63) is 66.0 Å². The largest absolute Gasteiger partial charge is 0.338 e. The number of hydrogen-bond acceptors (Lipinski definition) is 5. The summed E-state index contributed by atoms with van der Waals surface area (Å²) in [4.78, 5) is 27.9. The number of fused-ring (bicyclic) bond motifs is 2. The number of benzene rings is 1. The summed E-state index contributed by atoms with van der Waals surface area (Å²) >= 11 is 0. The Morgan fingerprint density at radius 2 is 2.11 bits per heavy atom. The van der Waals surface area contributed by atoms with Crippen molar-refractivity contribution in [2.24, 2.45) is 0 Å². The van der Waals surface area contributed by atoms with E-state index < -0.39 is 0 Å². The Hall–Kier alpha value is -3.35. The molecule has 1 amide bonds. The molecule has 4 aromatic rings. The molecular weight excluding hydrogens is 352 g/mol. The second-order valence-corrected chi connectivity index (χ2v) is 7.32. The first-order valence-electron chi connectivity index (χ1n) is 9.49. The average Bonchev–Trinajstić information content (AvgIpc) is 3.20. The minimum Gasteiger partial charge on any atom is -0.338 e. The molecule has 0 radical (unpaired) electrons. The Labute approximate surface area is 162 Å². The monoisotopic (exact) mass is 372 g/mol. The molecule has 7 nitrogen and oxygen atoms in total. The first-order valence-corrected chi connectivity index (χ1v) is 9.49. The molecule has 1 aliphatic rings. The third-order valence-corrected chi connectivity index (χ3v) is 5.42. The lowest BCUT2D eigenvalue weighted by atomic mass is 9.93. The molecule has 1 saturated heterocycles. The van der Waals surface area contributed by atoms with Gasteiger partial charge < -0.3 is 4.90 Å². The molecule has 5 rings (SSSR count). The highest BCUT2D eigenvalue weighted by molar-refractivity contribution is 5.98. The number of aromatic nitrogens is 5. The van der Waals surface area contributed by atoms with E-state index in [1.54, 1.807) is 16.9 Å². The number of likely N-dealkylation sites (tertiary alicyclic amines) is 1.